The van der Waals surface area contributed by atoms with E-state index in [9.17, 15) is 4.79 Å². The average Bonchev–Trinajstić information content (AvgIpc) is 2.19. The van der Waals surface area contributed by atoms with Gasteiger partial charge >= 0.3 is 5.97 Å². The number of ether oxygens (including phenoxy) is 2. The van der Waals surface area contributed by atoms with Crippen LogP contribution in [0, 0.1) is 0 Å². The molecule has 17 heavy (non-hydrogen) atoms. The Balaban J connectivity index is 3.02. The maximum atomic E-state index is 11.9. The van der Waals surface area contributed by atoms with Crippen molar-refractivity contribution >= 4 is 11.7 Å². The van der Waals surface area contributed by atoms with E-state index in [-0.39, 0.29) is 12.2 Å². The second-order valence-electron chi connectivity index (χ2n) is 4.38. The zero-order valence-electron chi connectivity index (χ0n) is 10.7. The van der Waals surface area contributed by atoms with Crippen LogP contribution in [0.3, 0.4) is 0 Å². The van der Waals surface area contributed by atoms with Gasteiger partial charge in [0.15, 0.2) is 0 Å². The number of anilines is 1. The molecule has 0 saturated carbocycles. The van der Waals surface area contributed by atoms with Crippen LogP contribution in [-0.2, 0) is 4.74 Å². The van der Waals surface area contributed by atoms with Crippen molar-refractivity contribution in [1.29, 1.82) is 0 Å². The molecular formula is C13H19NO3. The molecule has 0 aliphatic heterocycles. The van der Waals surface area contributed by atoms with Crippen molar-refractivity contribution in [2.75, 3.05) is 5.73 Å². The highest BCUT2D eigenvalue weighted by Crippen LogP contribution is 2.23. The Kier molecular flexibility index (Phi) is 4.37. The number of nitrogens with two attached hydrogens (primary N) is 1. The molecule has 0 bridgehead atoms. The van der Waals surface area contributed by atoms with Crippen LogP contribution in [0.15, 0.2) is 18.2 Å². The van der Waals surface area contributed by atoms with E-state index in [1.165, 1.54) is 0 Å². The lowest BCUT2D eigenvalue weighted by Crippen LogP contribution is -2.15. The molecule has 0 atom stereocenters. The van der Waals surface area contributed by atoms with E-state index in [4.69, 9.17) is 15.2 Å². The molecule has 1 aromatic carbocycles. The topological polar surface area (TPSA) is 61.5 Å². The van der Waals surface area contributed by atoms with Crippen LogP contribution in [0.5, 0.6) is 5.75 Å². The van der Waals surface area contributed by atoms with Crippen molar-refractivity contribution in [3.63, 3.8) is 0 Å². The van der Waals surface area contributed by atoms with E-state index in [1.807, 2.05) is 13.8 Å². The molecule has 4 nitrogen and oxygen atoms in total. The molecule has 0 amide bonds. The van der Waals surface area contributed by atoms with Crippen molar-refractivity contribution in [3.8, 4) is 5.75 Å². The molecule has 0 aromatic heterocycles. The van der Waals surface area contributed by atoms with Gasteiger partial charge in [-0.2, -0.15) is 0 Å². The fourth-order valence-corrected chi connectivity index (χ4v) is 1.34. The number of benzene rings is 1. The molecule has 0 saturated heterocycles. The predicted octanol–water partition coefficient (Wildman–Crippen LogP) is 2.62. The fourth-order valence-electron chi connectivity index (χ4n) is 1.34. The van der Waals surface area contributed by atoms with Crippen LogP contribution in [0.4, 0.5) is 5.69 Å². The molecule has 4 heteroatoms. The number of carbonyl (C=O) groups is 1. The van der Waals surface area contributed by atoms with Crippen molar-refractivity contribution in [3.05, 3.63) is 23.8 Å². The highest BCUT2D eigenvalue weighted by atomic mass is 16.5. The van der Waals surface area contributed by atoms with E-state index in [1.54, 1.807) is 32.0 Å². The average molecular weight is 237 g/mol. The molecule has 0 aliphatic rings. The monoisotopic (exact) mass is 237 g/mol. The Labute approximate surface area is 102 Å². The minimum atomic E-state index is -0.414. The Hall–Kier alpha value is -1.71. The van der Waals surface area contributed by atoms with Crippen LogP contribution in [-0.4, -0.2) is 18.2 Å². The summed E-state index contributed by atoms with van der Waals surface area (Å²) in [6, 6.07) is 4.96. The second kappa shape index (κ2) is 5.57. The normalized spacial score (nSPS) is 10.7. The first-order valence-corrected chi connectivity index (χ1v) is 5.67. The summed E-state index contributed by atoms with van der Waals surface area (Å²) in [5.41, 5.74) is 6.54. The minimum Gasteiger partial charge on any atom is -0.490 e. The number of nitrogen functional groups attached to an aromatic ring is 1. The summed E-state index contributed by atoms with van der Waals surface area (Å²) < 4.78 is 10.7. The van der Waals surface area contributed by atoms with Gasteiger partial charge in [0.05, 0.1) is 12.2 Å². The van der Waals surface area contributed by atoms with E-state index in [0.717, 1.165) is 0 Å². The Morgan fingerprint density at radius 3 is 2.35 bits per heavy atom. The Morgan fingerprint density at radius 1 is 1.18 bits per heavy atom. The molecule has 0 unspecified atom stereocenters. The summed E-state index contributed by atoms with van der Waals surface area (Å²) in [4.78, 5) is 11.9. The smallest absolute Gasteiger partial charge is 0.342 e. The predicted molar refractivity (Wildman–Crippen MR) is 67.2 cm³/mol. The van der Waals surface area contributed by atoms with Gasteiger partial charge in [-0.1, -0.05) is 0 Å². The Morgan fingerprint density at radius 2 is 1.82 bits per heavy atom. The third-order valence-electron chi connectivity index (χ3n) is 1.93. The molecule has 1 aromatic rings. The zero-order valence-corrected chi connectivity index (χ0v) is 10.7. The largest absolute Gasteiger partial charge is 0.490 e. The standard InChI is InChI=1S/C13H19NO3/c1-8(2)16-12-6-5-10(14)7-11(12)13(15)17-9(3)4/h5-9H,14H2,1-4H3. The number of esters is 1. The van der Waals surface area contributed by atoms with Crippen LogP contribution >= 0.6 is 0 Å². The first kappa shape index (κ1) is 13.4. The van der Waals surface area contributed by atoms with E-state index < -0.39 is 5.97 Å². The first-order valence-electron chi connectivity index (χ1n) is 5.67. The quantitative estimate of drug-likeness (QED) is 0.646. The lowest BCUT2D eigenvalue weighted by atomic mass is 10.1. The van der Waals surface area contributed by atoms with Gasteiger partial charge in [0, 0.05) is 5.69 Å². The Bertz CT molecular complexity index is 400. The van der Waals surface area contributed by atoms with Crippen LogP contribution in [0.1, 0.15) is 38.1 Å². The third-order valence-corrected chi connectivity index (χ3v) is 1.93. The minimum absolute atomic E-state index is 0.00998. The molecule has 0 aliphatic carbocycles. The SMILES string of the molecule is CC(C)OC(=O)c1cc(N)ccc1OC(C)C. The van der Waals surface area contributed by atoms with Gasteiger partial charge in [-0.3, -0.25) is 0 Å². The highest BCUT2D eigenvalue weighted by Gasteiger charge is 2.16. The zero-order chi connectivity index (χ0) is 13.0. The fraction of sp³-hybridized carbons (Fsp3) is 0.462. The summed E-state index contributed by atoms with van der Waals surface area (Å²) in [5.74, 6) is 0.0859. The number of carbonyl (C=O) groups excluding carboxylic acids is 1. The van der Waals surface area contributed by atoms with Crippen LogP contribution < -0.4 is 10.5 Å². The molecule has 0 spiro atoms. The van der Waals surface area contributed by atoms with Crippen LogP contribution in [0.2, 0.25) is 0 Å². The van der Waals surface area contributed by atoms with E-state index >= 15 is 0 Å². The van der Waals surface area contributed by atoms with Crippen LogP contribution in [0.25, 0.3) is 0 Å². The number of hydrogen-bond acceptors (Lipinski definition) is 4. The van der Waals surface area contributed by atoms with Gasteiger partial charge in [0.25, 0.3) is 0 Å². The van der Waals surface area contributed by atoms with Gasteiger partial charge in [0.1, 0.15) is 11.3 Å². The maximum absolute atomic E-state index is 11.9. The van der Waals surface area contributed by atoms with Crippen molar-refractivity contribution in [1.82, 2.24) is 0 Å². The van der Waals surface area contributed by atoms with Crippen molar-refractivity contribution in [2.45, 2.75) is 39.9 Å². The van der Waals surface area contributed by atoms with Gasteiger partial charge in [-0.15, -0.1) is 0 Å². The first-order chi connectivity index (χ1) is 7.90. The summed E-state index contributed by atoms with van der Waals surface area (Å²) in [6.45, 7) is 7.39. The van der Waals surface area contributed by atoms with Gasteiger partial charge in [-0.25, -0.2) is 4.79 Å². The van der Waals surface area contributed by atoms with Crippen molar-refractivity contribution < 1.29 is 14.3 Å². The molecule has 2 N–H and O–H groups in total. The molecule has 0 fully saturated rings. The van der Waals surface area contributed by atoms with E-state index in [2.05, 4.69) is 0 Å². The third kappa shape index (κ3) is 3.98. The maximum Gasteiger partial charge on any atom is 0.342 e. The molecule has 0 radical (unpaired) electrons. The molecule has 1 rings (SSSR count). The lowest BCUT2D eigenvalue weighted by molar-refractivity contribution is 0.0372. The highest BCUT2D eigenvalue weighted by molar-refractivity contribution is 5.93. The summed E-state index contributed by atoms with van der Waals surface area (Å²) in [7, 11) is 0. The van der Waals surface area contributed by atoms with Gasteiger partial charge in [0.2, 0.25) is 0 Å². The second-order valence-corrected chi connectivity index (χ2v) is 4.38. The molecular weight excluding hydrogens is 218 g/mol. The summed E-state index contributed by atoms with van der Waals surface area (Å²) >= 11 is 0. The van der Waals surface area contributed by atoms with Crippen molar-refractivity contribution in [2.24, 2.45) is 0 Å². The van der Waals surface area contributed by atoms with Gasteiger partial charge in [-0.05, 0) is 45.9 Å². The number of hydrogen-bond donors (Lipinski definition) is 1. The molecule has 0 heterocycles. The molecule has 94 valence electrons. The van der Waals surface area contributed by atoms with E-state index in [0.29, 0.717) is 17.0 Å². The lowest BCUT2D eigenvalue weighted by Gasteiger charge is -2.15. The summed E-state index contributed by atoms with van der Waals surface area (Å²) in [6.07, 6.45) is -0.181. The number of rotatable bonds is 4. The van der Waals surface area contributed by atoms with Gasteiger partial charge < -0.3 is 15.2 Å². The summed E-state index contributed by atoms with van der Waals surface area (Å²) in [5, 5.41) is 0.